The van der Waals surface area contributed by atoms with Crippen LogP contribution in [0.15, 0.2) is 23.2 Å². The number of nitrogen functional groups attached to an aromatic ring is 1. The molecule has 0 fully saturated rings. The molecule has 2 N–H and O–H groups in total. The largest absolute Gasteiger partial charge is 0.494 e. The molecule has 0 aromatic heterocycles. The summed E-state index contributed by atoms with van der Waals surface area (Å²) in [5.74, 6) is 0.471. The van der Waals surface area contributed by atoms with Crippen LogP contribution in [0.4, 0.5) is 11.4 Å². The fourth-order valence-corrected chi connectivity index (χ4v) is 0.869. The van der Waals surface area contributed by atoms with Gasteiger partial charge in [-0.1, -0.05) is 6.07 Å². The first-order valence-electron chi connectivity index (χ1n) is 3.30. The summed E-state index contributed by atoms with van der Waals surface area (Å²) in [4.78, 5) is 13.4. The van der Waals surface area contributed by atoms with E-state index in [9.17, 15) is 4.79 Å². The van der Waals surface area contributed by atoms with Gasteiger partial charge >= 0.3 is 0 Å². The second-order valence-electron chi connectivity index (χ2n) is 2.10. The molecule has 0 radical (unpaired) electrons. The highest BCUT2D eigenvalue weighted by molar-refractivity contribution is 5.72. The Balaban J connectivity index is 3.28. The summed E-state index contributed by atoms with van der Waals surface area (Å²) in [5.41, 5.74) is 6.26. The summed E-state index contributed by atoms with van der Waals surface area (Å²) < 4.78 is 4.93. The van der Waals surface area contributed by atoms with E-state index in [0.717, 1.165) is 0 Å². The van der Waals surface area contributed by atoms with Gasteiger partial charge in [0.15, 0.2) is 0 Å². The van der Waals surface area contributed by atoms with Gasteiger partial charge < -0.3 is 10.5 Å². The van der Waals surface area contributed by atoms with Crippen LogP contribution in [0.5, 0.6) is 5.75 Å². The first kappa shape index (κ1) is 8.30. The quantitative estimate of drug-likeness (QED) is 0.406. The molecule has 0 aliphatic rings. The standard InChI is InChI=1S/C8H8N2O2/c1-12-7-4-2-3-6(9)8(7)10-5-11/h2-4H,9H2,1H3. The summed E-state index contributed by atoms with van der Waals surface area (Å²) in [6.45, 7) is 0. The van der Waals surface area contributed by atoms with Crippen molar-refractivity contribution in [3.05, 3.63) is 18.2 Å². The third-order valence-electron chi connectivity index (χ3n) is 1.41. The number of nitrogens with zero attached hydrogens (tertiary/aromatic N) is 1. The summed E-state index contributed by atoms with van der Waals surface area (Å²) in [6, 6.07) is 5.03. The van der Waals surface area contributed by atoms with Crippen LogP contribution in [-0.2, 0) is 4.79 Å². The van der Waals surface area contributed by atoms with E-state index in [1.54, 1.807) is 18.2 Å². The lowest BCUT2D eigenvalue weighted by atomic mass is 10.2. The number of anilines is 1. The molecular weight excluding hydrogens is 156 g/mol. The number of isocyanates is 1. The van der Waals surface area contributed by atoms with Crippen molar-refractivity contribution < 1.29 is 9.53 Å². The Morgan fingerprint density at radius 1 is 1.58 bits per heavy atom. The maximum Gasteiger partial charge on any atom is 0.240 e. The molecule has 4 heteroatoms. The first-order chi connectivity index (χ1) is 5.79. The minimum atomic E-state index is 0.329. The third kappa shape index (κ3) is 1.44. The molecule has 0 spiro atoms. The monoisotopic (exact) mass is 164 g/mol. The van der Waals surface area contributed by atoms with Crippen molar-refractivity contribution in [2.24, 2.45) is 4.99 Å². The van der Waals surface area contributed by atoms with Crippen molar-refractivity contribution in [1.29, 1.82) is 0 Å². The number of aliphatic imine (C=N–C) groups is 1. The molecular formula is C8H8N2O2. The minimum absolute atomic E-state index is 0.329. The van der Waals surface area contributed by atoms with Crippen molar-refractivity contribution in [2.45, 2.75) is 0 Å². The number of ether oxygens (including phenoxy) is 1. The highest BCUT2D eigenvalue weighted by Gasteiger charge is 2.03. The van der Waals surface area contributed by atoms with Gasteiger partial charge in [0.05, 0.1) is 12.8 Å². The first-order valence-corrected chi connectivity index (χ1v) is 3.30. The minimum Gasteiger partial charge on any atom is -0.494 e. The number of rotatable bonds is 2. The van der Waals surface area contributed by atoms with Crippen LogP contribution in [0, 0.1) is 0 Å². The van der Waals surface area contributed by atoms with Gasteiger partial charge in [0.25, 0.3) is 0 Å². The Labute approximate surface area is 69.7 Å². The molecule has 0 atom stereocenters. The van der Waals surface area contributed by atoms with Crippen LogP contribution in [0.2, 0.25) is 0 Å². The van der Waals surface area contributed by atoms with E-state index in [0.29, 0.717) is 17.1 Å². The van der Waals surface area contributed by atoms with Crippen molar-refractivity contribution in [3.63, 3.8) is 0 Å². The van der Waals surface area contributed by atoms with Gasteiger partial charge in [-0.3, -0.25) is 0 Å². The van der Waals surface area contributed by atoms with Crippen molar-refractivity contribution in [1.82, 2.24) is 0 Å². The van der Waals surface area contributed by atoms with Crippen molar-refractivity contribution in [2.75, 3.05) is 12.8 Å². The maximum absolute atomic E-state index is 9.99. The van der Waals surface area contributed by atoms with Gasteiger partial charge in [0, 0.05) is 0 Å². The summed E-state index contributed by atoms with van der Waals surface area (Å²) in [7, 11) is 1.48. The number of nitrogens with two attached hydrogens (primary N) is 1. The van der Waals surface area contributed by atoms with Gasteiger partial charge in [-0.15, -0.1) is 0 Å². The molecule has 1 aromatic rings. The van der Waals surface area contributed by atoms with Crippen LogP contribution in [0.3, 0.4) is 0 Å². The van der Waals surface area contributed by atoms with E-state index in [1.807, 2.05) is 0 Å². The Hall–Kier alpha value is -1.80. The number of hydrogen-bond acceptors (Lipinski definition) is 4. The van der Waals surface area contributed by atoms with Crippen molar-refractivity contribution >= 4 is 17.5 Å². The van der Waals surface area contributed by atoms with E-state index >= 15 is 0 Å². The Bertz CT molecular complexity index is 330. The Morgan fingerprint density at radius 2 is 2.33 bits per heavy atom. The predicted molar refractivity (Wildman–Crippen MR) is 45.2 cm³/mol. The molecule has 0 saturated heterocycles. The average Bonchev–Trinajstić information content (AvgIpc) is 2.09. The molecule has 0 heterocycles. The van der Waals surface area contributed by atoms with E-state index < -0.39 is 0 Å². The number of methoxy groups -OCH3 is 1. The van der Waals surface area contributed by atoms with Crippen LogP contribution in [-0.4, -0.2) is 13.2 Å². The molecule has 0 amide bonds. The van der Waals surface area contributed by atoms with E-state index in [1.165, 1.54) is 13.2 Å². The topological polar surface area (TPSA) is 64.7 Å². The Kier molecular flexibility index (Phi) is 2.46. The summed E-state index contributed by atoms with van der Waals surface area (Å²) in [6.07, 6.45) is 1.41. The van der Waals surface area contributed by atoms with E-state index in [-0.39, 0.29) is 0 Å². The van der Waals surface area contributed by atoms with Crippen molar-refractivity contribution in [3.8, 4) is 5.75 Å². The van der Waals surface area contributed by atoms with Gasteiger partial charge in [0.1, 0.15) is 11.4 Å². The molecule has 1 rings (SSSR count). The maximum atomic E-state index is 9.99. The zero-order chi connectivity index (χ0) is 8.97. The number of para-hydroxylation sites is 1. The smallest absolute Gasteiger partial charge is 0.240 e. The zero-order valence-electron chi connectivity index (χ0n) is 6.57. The SMILES string of the molecule is COc1cccc(N)c1N=C=O. The van der Waals surface area contributed by atoms with Gasteiger partial charge in [0.2, 0.25) is 6.08 Å². The number of carbonyl (C=O) groups excluding carboxylic acids is 1. The lowest BCUT2D eigenvalue weighted by Crippen LogP contribution is -1.89. The highest BCUT2D eigenvalue weighted by Crippen LogP contribution is 2.32. The van der Waals surface area contributed by atoms with Crippen LogP contribution < -0.4 is 10.5 Å². The number of benzene rings is 1. The molecule has 1 aromatic carbocycles. The molecule has 0 bridgehead atoms. The third-order valence-corrected chi connectivity index (χ3v) is 1.41. The molecule has 62 valence electrons. The lowest BCUT2D eigenvalue weighted by Gasteiger charge is -2.03. The van der Waals surface area contributed by atoms with E-state index in [4.69, 9.17) is 10.5 Å². The molecule has 0 saturated carbocycles. The predicted octanol–water partition coefficient (Wildman–Crippen LogP) is 1.24. The van der Waals surface area contributed by atoms with E-state index in [2.05, 4.69) is 4.99 Å². The molecule has 4 nitrogen and oxygen atoms in total. The average molecular weight is 164 g/mol. The lowest BCUT2D eigenvalue weighted by molar-refractivity contribution is 0.416. The summed E-state index contributed by atoms with van der Waals surface area (Å²) >= 11 is 0. The normalized spacial score (nSPS) is 8.75. The van der Waals surface area contributed by atoms with Gasteiger partial charge in [-0.25, -0.2) is 4.79 Å². The van der Waals surface area contributed by atoms with Crippen LogP contribution in [0.25, 0.3) is 0 Å². The molecule has 0 aliphatic carbocycles. The molecule has 0 aliphatic heterocycles. The van der Waals surface area contributed by atoms with Crippen LogP contribution in [0.1, 0.15) is 0 Å². The van der Waals surface area contributed by atoms with Gasteiger partial charge in [-0.05, 0) is 12.1 Å². The fraction of sp³-hybridized carbons (Fsp3) is 0.125. The second kappa shape index (κ2) is 3.55. The highest BCUT2D eigenvalue weighted by atomic mass is 16.5. The second-order valence-corrected chi connectivity index (χ2v) is 2.10. The summed E-state index contributed by atoms with van der Waals surface area (Å²) in [5, 5.41) is 0. The van der Waals surface area contributed by atoms with Gasteiger partial charge in [-0.2, -0.15) is 4.99 Å². The zero-order valence-corrected chi connectivity index (χ0v) is 6.57. The van der Waals surface area contributed by atoms with Crippen LogP contribution >= 0.6 is 0 Å². The Morgan fingerprint density at radius 3 is 2.92 bits per heavy atom. The molecule has 0 unspecified atom stereocenters. The fourth-order valence-electron chi connectivity index (χ4n) is 0.869. The molecule has 12 heavy (non-hydrogen) atoms. The number of hydrogen-bond donors (Lipinski definition) is 1.